The zero-order valence-electron chi connectivity index (χ0n) is 16.5. The maximum absolute atomic E-state index is 12.6. The van der Waals surface area contributed by atoms with E-state index in [4.69, 9.17) is 15.7 Å². The van der Waals surface area contributed by atoms with Crippen LogP contribution in [0.4, 0.5) is 0 Å². The number of oxime groups is 1. The number of rotatable bonds is 7. The predicted octanol–water partition coefficient (Wildman–Crippen LogP) is 0.0800. The van der Waals surface area contributed by atoms with E-state index in [-0.39, 0.29) is 24.5 Å². The van der Waals surface area contributed by atoms with Crippen LogP contribution in [0.1, 0.15) is 35.7 Å². The van der Waals surface area contributed by atoms with Crippen LogP contribution >= 0.6 is 0 Å². The van der Waals surface area contributed by atoms with E-state index < -0.39 is 17.9 Å². The van der Waals surface area contributed by atoms with Gasteiger partial charge >= 0.3 is 5.97 Å². The summed E-state index contributed by atoms with van der Waals surface area (Å²) in [5.41, 5.74) is 6.32. The molecule has 10 nitrogen and oxygen atoms in total. The molecule has 4 N–H and O–H groups in total. The fraction of sp³-hybridized carbons (Fsp3) is 0.474. The molecular formula is C19H26N4O6. The lowest BCUT2D eigenvalue weighted by Crippen LogP contribution is -2.50. The molecule has 2 amide bonds. The first kappa shape index (κ1) is 22.2. The van der Waals surface area contributed by atoms with Crippen LogP contribution in [0, 0.1) is 0 Å². The number of hydrogen-bond acceptors (Lipinski definition) is 7. The van der Waals surface area contributed by atoms with Gasteiger partial charge in [-0.2, -0.15) is 0 Å². The van der Waals surface area contributed by atoms with Crippen molar-refractivity contribution in [3.05, 3.63) is 35.4 Å². The Morgan fingerprint density at radius 1 is 1.24 bits per heavy atom. The van der Waals surface area contributed by atoms with Gasteiger partial charge in [0.2, 0.25) is 5.91 Å². The Morgan fingerprint density at radius 2 is 1.83 bits per heavy atom. The van der Waals surface area contributed by atoms with E-state index in [1.165, 1.54) is 19.2 Å². The summed E-state index contributed by atoms with van der Waals surface area (Å²) >= 11 is 0. The molecule has 1 atom stereocenters. The minimum absolute atomic E-state index is 0.0560. The quantitative estimate of drug-likeness (QED) is 0.191. The second kappa shape index (κ2) is 10.4. The Labute approximate surface area is 168 Å². The second-order valence-electron chi connectivity index (χ2n) is 6.67. The van der Waals surface area contributed by atoms with E-state index >= 15 is 0 Å². The van der Waals surface area contributed by atoms with E-state index in [9.17, 15) is 14.4 Å². The first-order valence-corrected chi connectivity index (χ1v) is 9.21. The van der Waals surface area contributed by atoms with Crippen LogP contribution in [0.25, 0.3) is 0 Å². The van der Waals surface area contributed by atoms with Crippen LogP contribution in [-0.2, 0) is 19.1 Å². The highest BCUT2D eigenvalue weighted by atomic mass is 16.6. The van der Waals surface area contributed by atoms with E-state index in [1.807, 2.05) is 0 Å². The molecule has 10 heteroatoms. The van der Waals surface area contributed by atoms with Gasteiger partial charge in [0.15, 0.2) is 5.84 Å². The number of amides is 2. The second-order valence-corrected chi connectivity index (χ2v) is 6.67. The van der Waals surface area contributed by atoms with E-state index in [1.54, 1.807) is 24.0 Å². The van der Waals surface area contributed by atoms with Crippen LogP contribution in [0.5, 0.6) is 0 Å². The van der Waals surface area contributed by atoms with Crippen molar-refractivity contribution < 1.29 is 29.1 Å². The third-order valence-corrected chi connectivity index (χ3v) is 4.69. The van der Waals surface area contributed by atoms with Crippen molar-refractivity contribution in [2.75, 3.05) is 26.8 Å². The summed E-state index contributed by atoms with van der Waals surface area (Å²) in [5, 5.41) is 14.2. The molecule has 1 saturated heterocycles. The molecule has 0 saturated carbocycles. The number of nitrogens with one attached hydrogen (secondary N) is 1. The Bertz CT molecular complexity index is 756. The highest BCUT2D eigenvalue weighted by Crippen LogP contribution is 2.15. The summed E-state index contributed by atoms with van der Waals surface area (Å²) in [4.78, 5) is 37.8. The number of nitrogens with two attached hydrogens (primary N) is 1. The van der Waals surface area contributed by atoms with E-state index in [0.29, 0.717) is 37.1 Å². The summed E-state index contributed by atoms with van der Waals surface area (Å²) < 4.78 is 10.0. The number of esters is 1. The Balaban J connectivity index is 1.83. The standard InChI is InChI=1S/C19H26N4O6/c1-12(21-18(25)14-5-3-13(4-6-14)17(20)22-27)19(26)23-9-7-15(8-10-23)29-11-16(24)28-2/h3-6,12,15,27H,7-11H2,1-2H3,(H2,20,22)(H,21,25)/t12-/m0/s1. The third-order valence-electron chi connectivity index (χ3n) is 4.69. The number of ether oxygens (including phenoxy) is 2. The van der Waals surface area contributed by atoms with E-state index in [0.717, 1.165) is 0 Å². The molecule has 158 valence electrons. The topological polar surface area (TPSA) is 144 Å². The summed E-state index contributed by atoms with van der Waals surface area (Å²) in [6.45, 7) is 2.50. The molecule has 29 heavy (non-hydrogen) atoms. The summed E-state index contributed by atoms with van der Waals surface area (Å²) in [6, 6.07) is 5.47. The van der Waals surface area contributed by atoms with Crippen LogP contribution in [0.3, 0.4) is 0 Å². The van der Waals surface area contributed by atoms with Crippen LogP contribution in [-0.4, -0.2) is 72.7 Å². The molecule has 1 aliphatic heterocycles. The van der Waals surface area contributed by atoms with Crippen molar-refractivity contribution in [3.8, 4) is 0 Å². The molecule has 1 aromatic carbocycles. The summed E-state index contributed by atoms with van der Waals surface area (Å²) in [5.74, 6) is -1.06. The number of benzene rings is 1. The van der Waals surface area contributed by atoms with Crippen molar-refractivity contribution in [2.24, 2.45) is 10.9 Å². The molecule has 0 unspecified atom stereocenters. The smallest absolute Gasteiger partial charge is 0.331 e. The van der Waals surface area contributed by atoms with Gasteiger partial charge in [-0.3, -0.25) is 9.59 Å². The van der Waals surface area contributed by atoms with Crippen molar-refractivity contribution in [2.45, 2.75) is 31.9 Å². The molecule has 0 spiro atoms. The van der Waals surface area contributed by atoms with Gasteiger partial charge in [0.1, 0.15) is 12.6 Å². The number of carbonyl (C=O) groups is 3. The molecule has 1 fully saturated rings. The van der Waals surface area contributed by atoms with Gasteiger partial charge in [-0.25, -0.2) is 4.79 Å². The van der Waals surface area contributed by atoms with Gasteiger partial charge in [-0.15, -0.1) is 0 Å². The Hall–Kier alpha value is -3.14. The van der Waals surface area contributed by atoms with Gasteiger partial charge in [0, 0.05) is 24.2 Å². The monoisotopic (exact) mass is 406 g/mol. The molecule has 0 aliphatic carbocycles. The molecule has 2 rings (SSSR count). The van der Waals surface area contributed by atoms with Crippen molar-refractivity contribution >= 4 is 23.6 Å². The lowest BCUT2D eigenvalue weighted by molar-refractivity contribution is -0.150. The van der Waals surface area contributed by atoms with Crippen LogP contribution < -0.4 is 11.1 Å². The van der Waals surface area contributed by atoms with Gasteiger partial charge in [-0.1, -0.05) is 17.3 Å². The average molecular weight is 406 g/mol. The lowest BCUT2D eigenvalue weighted by Gasteiger charge is -2.33. The average Bonchev–Trinajstić information content (AvgIpc) is 2.76. The summed E-state index contributed by atoms with van der Waals surface area (Å²) in [6.07, 6.45) is 1.12. The number of nitrogens with zero attached hydrogens (tertiary/aromatic N) is 2. The number of carbonyl (C=O) groups excluding carboxylic acids is 3. The first-order valence-electron chi connectivity index (χ1n) is 9.21. The molecule has 0 bridgehead atoms. The fourth-order valence-corrected chi connectivity index (χ4v) is 2.95. The molecule has 0 aromatic heterocycles. The fourth-order valence-electron chi connectivity index (χ4n) is 2.95. The number of piperidine rings is 1. The number of amidine groups is 1. The van der Waals surface area contributed by atoms with Gasteiger partial charge < -0.3 is 30.6 Å². The van der Waals surface area contributed by atoms with Crippen molar-refractivity contribution in [1.29, 1.82) is 0 Å². The minimum atomic E-state index is -0.696. The number of methoxy groups -OCH3 is 1. The third kappa shape index (κ3) is 6.18. The maximum atomic E-state index is 12.6. The Morgan fingerprint density at radius 3 is 2.38 bits per heavy atom. The SMILES string of the molecule is COC(=O)COC1CCN(C(=O)[C@H](C)NC(=O)c2ccc(/C(N)=N/O)cc2)CC1. The maximum Gasteiger partial charge on any atom is 0.331 e. The number of likely N-dealkylation sites (tertiary alicyclic amines) is 1. The zero-order valence-corrected chi connectivity index (χ0v) is 16.5. The largest absolute Gasteiger partial charge is 0.467 e. The molecule has 1 aliphatic rings. The van der Waals surface area contributed by atoms with Crippen molar-refractivity contribution in [3.63, 3.8) is 0 Å². The Kier molecular flexibility index (Phi) is 7.96. The highest BCUT2D eigenvalue weighted by molar-refractivity contribution is 6.00. The predicted molar refractivity (Wildman–Crippen MR) is 103 cm³/mol. The van der Waals surface area contributed by atoms with Crippen LogP contribution in [0.15, 0.2) is 29.4 Å². The molecule has 1 aromatic rings. The van der Waals surface area contributed by atoms with Gasteiger partial charge in [0.05, 0.1) is 13.2 Å². The highest BCUT2D eigenvalue weighted by Gasteiger charge is 2.27. The lowest BCUT2D eigenvalue weighted by atomic mass is 10.1. The van der Waals surface area contributed by atoms with E-state index in [2.05, 4.69) is 15.2 Å². The first-order chi connectivity index (χ1) is 13.8. The molecular weight excluding hydrogens is 380 g/mol. The normalized spacial score (nSPS) is 16.2. The van der Waals surface area contributed by atoms with Crippen LogP contribution in [0.2, 0.25) is 0 Å². The summed E-state index contributed by atoms with van der Waals surface area (Å²) in [7, 11) is 1.30. The van der Waals surface area contributed by atoms with Gasteiger partial charge in [0.25, 0.3) is 5.91 Å². The minimum Gasteiger partial charge on any atom is -0.467 e. The number of hydrogen-bond donors (Lipinski definition) is 3. The molecule has 0 radical (unpaired) electrons. The van der Waals surface area contributed by atoms with Crippen molar-refractivity contribution in [1.82, 2.24) is 10.2 Å². The molecule has 1 heterocycles. The zero-order chi connectivity index (χ0) is 21.4. The van der Waals surface area contributed by atoms with Gasteiger partial charge in [-0.05, 0) is 31.9 Å².